The highest BCUT2D eigenvalue weighted by Gasteiger charge is 2.29. The molecule has 0 aliphatic rings. The minimum Gasteiger partial charge on any atom is -0.348 e. The number of rotatable bonds is 6. The number of thioether (sulfide) groups is 1. The van der Waals surface area contributed by atoms with E-state index in [1.54, 1.807) is 38.4 Å². The van der Waals surface area contributed by atoms with Gasteiger partial charge >= 0.3 is 6.18 Å². The van der Waals surface area contributed by atoms with Gasteiger partial charge in [-0.1, -0.05) is 24.3 Å². The smallest absolute Gasteiger partial charge is 0.348 e. The third kappa shape index (κ3) is 6.02. The quantitative estimate of drug-likeness (QED) is 0.756. The van der Waals surface area contributed by atoms with Gasteiger partial charge in [-0.05, 0) is 29.8 Å². The van der Waals surface area contributed by atoms with Gasteiger partial charge in [-0.3, -0.25) is 9.59 Å². The molecule has 0 unspecified atom stereocenters. The number of nitrogens with one attached hydrogen (secondary N) is 1. The van der Waals surface area contributed by atoms with E-state index in [4.69, 9.17) is 0 Å². The Bertz CT molecular complexity index is 805. The predicted octanol–water partition coefficient (Wildman–Crippen LogP) is 3.82. The Kier molecular flexibility index (Phi) is 6.90. The molecule has 0 aliphatic heterocycles. The van der Waals surface area contributed by atoms with Crippen molar-refractivity contribution in [3.63, 3.8) is 0 Å². The summed E-state index contributed by atoms with van der Waals surface area (Å²) in [6.07, 6.45) is -4.39. The topological polar surface area (TPSA) is 49.4 Å². The van der Waals surface area contributed by atoms with Crippen LogP contribution in [0.5, 0.6) is 0 Å². The number of alkyl halides is 3. The van der Waals surface area contributed by atoms with Crippen molar-refractivity contribution in [2.45, 2.75) is 17.6 Å². The first-order valence-electron chi connectivity index (χ1n) is 8.05. The number of benzene rings is 2. The van der Waals surface area contributed by atoms with E-state index in [0.717, 1.165) is 12.1 Å². The molecule has 2 aromatic carbocycles. The molecule has 8 heteroatoms. The normalized spacial score (nSPS) is 11.1. The number of hydrogen-bond donors (Lipinski definition) is 1. The zero-order valence-electron chi connectivity index (χ0n) is 14.8. The van der Waals surface area contributed by atoms with Crippen LogP contribution in [0.2, 0.25) is 0 Å². The molecule has 0 aliphatic carbocycles. The van der Waals surface area contributed by atoms with E-state index in [0.29, 0.717) is 16.0 Å². The summed E-state index contributed by atoms with van der Waals surface area (Å²) in [6, 6.07) is 11.5. The third-order valence-electron chi connectivity index (χ3n) is 3.72. The zero-order valence-corrected chi connectivity index (χ0v) is 15.7. The lowest BCUT2D eigenvalue weighted by Crippen LogP contribution is -2.25. The van der Waals surface area contributed by atoms with E-state index in [1.807, 2.05) is 0 Å². The molecule has 4 nitrogen and oxygen atoms in total. The van der Waals surface area contributed by atoms with Gasteiger partial charge in [0.25, 0.3) is 5.91 Å². The van der Waals surface area contributed by atoms with Gasteiger partial charge in [-0.2, -0.15) is 13.2 Å². The lowest BCUT2D eigenvalue weighted by atomic mass is 10.1. The molecule has 0 bridgehead atoms. The Morgan fingerprint density at radius 2 is 1.67 bits per heavy atom. The first-order valence-corrected chi connectivity index (χ1v) is 9.03. The molecule has 144 valence electrons. The molecule has 1 N–H and O–H groups in total. The maximum absolute atomic E-state index is 12.6. The van der Waals surface area contributed by atoms with Crippen molar-refractivity contribution in [2.24, 2.45) is 0 Å². The van der Waals surface area contributed by atoms with Crippen LogP contribution in [0.15, 0.2) is 53.4 Å². The van der Waals surface area contributed by atoms with Gasteiger partial charge in [0.05, 0.1) is 16.9 Å². The zero-order chi connectivity index (χ0) is 20.0. The molecule has 0 spiro atoms. The van der Waals surface area contributed by atoms with Crippen molar-refractivity contribution in [1.82, 2.24) is 10.2 Å². The monoisotopic (exact) mass is 396 g/mol. The van der Waals surface area contributed by atoms with Crippen LogP contribution in [0.4, 0.5) is 13.2 Å². The van der Waals surface area contributed by atoms with Gasteiger partial charge in [0, 0.05) is 25.5 Å². The van der Waals surface area contributed by atoms with E-state index in [9.17, 15) is 22.8 Å². The predicted molar refractivity (Wildman–Crippen MR) is 98.5 cm³/mol. The number of nitrogens with zero attached hydrogens (tertiary/aromatic N) is 1. The molecular formula is C19H19F3N2O2S. The molecular weight excluding hydrogens is 377 g/mol. The Morgan fingerprint density at radius 1 is 1.04 bits per heavy atom. The number of halogens is 3. The van der Waals surface area contributed by atoms with E-state index in [2.05, 4.69) is 5.32 Å². The van der Waals surface area contributed by atoms with Crippen molar-refractivity contribution in [3.8, 4) is 0 Å². The molecule has 0 fully saturated rings. The Morgan fingerprint density at radius 3 is 2.26 bits per heavy atom. The van der Waals surface area contributed by atoms with Crippen LogP contribution in [-0.4, -0.2) is 36.6 Å². The average Bonchev–Trinajstić information content (AvgIpc) is 2.63. The minimum absolute atomic E-state index is 0.0695. The molecule has 0 radical (unpaired) electrons. The van der Waals surface area contributed by atoms with Crippen molar-refractivity contribution < 1.29 is 22.8 Å². The fraction of sp³-hybridized carbons (Fsp3) is 0.263. The highest BCUT2D eigenvalue weighted by Crippen LogP contribution is 2.29. The molecule has 2 aromatic rings. The van der Waals surface area contributed by atoms with E-state index >= 15 is 0 Å². The van der Waals surface area contributed by atoms with E-state index in [1.165, 1.54) is 28.8 Å². The maximum Gasteiger partial charge on any atom is 0.416 e. The third-order valence-corrected chi connectivity index (χ3v) is 4.77. The lowest BCUT2D eigenvalue weighted by Gasteiger charge is -2.12. The molecule has 27 heavy (non-hydrogen) atoms. The Labute approximate surface area is 159 Å². The van der Waals surface area contributed by atoms with Gasteiger partial charge in [0.2, 0.25) is 5.91 Å². The molecule has 0 saturated heterocycles. The second kappa shape index (κ2) is 8.94. The summed E-state index contributed by atoms with van der Waals surface area (Å²) >= 11 is 1.26. The second-order valence-electron chi connectivity index (χ2n) is 5.95. The van der Waals surface area contributed by atoms with Gasteiger partial charge in [-0.15, -0.1) is 11.8 Å². The van der Waals surface area contributed by atoms with Gasteiger partial charge in [0.15, 0.2) is 0 Å². The van der Waals surface area contributed by atoms with Gasteiger partial charge in [-0.25, -0.2) is 0 Å². The number of carbonyl (C=O) groups is 2. The fourth-order valence-electron chi connectivity index (χ4n) is 2.14. The largest absolute Gasteiger partial charge is 0.416 e. The first kappa shape index (κ1) is 20.8. The molecule has 2 amide bonds. The van der Waals surface area contributed by atoms with Crippen LogP contribution in [-0.2, 0) is 17.5 Å². The van der Waals surface area contributed by atoms with Crippen LogP contribution in [0.1, 0.15) is 21.5 Å². The minimum atomic E-state index is -4.39. The summed E-state index contributed by atoms with van der Waals surface area (Å²) in [6.45, 7) is 0.104. The van der Waals surface area contributed by atoms with Crippen LogP contribution in [0.25, 0.3) is 0 Å². The fourth-order valence-corrected chi connectivity index (χ4v) is 3.17. The highest BCUT2D eigenvalue weighted by atomic mass is 32.2. The van der Waals surface area contributed by atoms with Crippen LogP contribution in [0.3, 0.4) is 0 Å². The standard InChI is InChI=1S/C19H19F3N2O2S/c1-24(2)17(25)12-27-16-6-4-3-5-15(16)18(26)23-11-13-7-9-14(10-8-13)19(20,21)22/h3-10H,11-12H2,1-2H3,(H,23,26). The van der Waals surface area contributed by atoms with Gasteiger partial charge < -0.3 is 10.2 Å². The van der Waals surface area contributed by atoms with Crippen LogP contribution >= 0.6 is 11.8 Å². The molecule has 0 heterocycles. The van der Waals surface area contributed by atoms with Crippen molar-refractivity contribution >= 4 is 23.6 Å². The molecule has 0 aromatic heterocycles. The summed E-state index contributed by atoms with van der Waals surface area (Å²) in [5.41, 5.74) is 0.245. The summed E-state index contributed by atoms with van der Waals surface area (Å²) in [5, 5.41) is 2.70. The van der Waals surface area contributed by atoms with Crippen LogP contribution in [0, 0.1) is 0 Å². The number of carbonyl (C=O) groups excluding carboxylic acids is 2. The first-order chi connectivity index (χ1) is 12.7. The summed E-state index contributed by atoms with van der Waals surface area (Å²) in [5.74, 6) is -0.216. The average molecular weight is 396 g/mol. The number of hydrogen-bond acceptors (Lipinski definition) is 3. The van der Waals surface area contributed by atoms with Crippen molar-refractivity contribution in [3.05, 3.63) is 65.2 Å². The lowest BCUT2D eigenvalue weighted by molar-refractivity contribution is -0.137. The SMILES string of the molecule is CN(C)C(=O)CSc1ccccc1C(=O)NCc1ccc(C(F)(F)F)cc1. The van der Waals surface area contributed by atoms with Crippen molar-refractivity contribution in [2.75, 3.05) is 19.8 Å². The van der Waals surface area contributed by atoms with E-state index in [-0.39, 0.29) is 24.1 Å². The highest BCUT2D eigenvalue weighted by molar-refractivity contribution is 8.00. The Hall–Kier alpha value is -2.48. The van der Waals surface area contributed by atoms with Gasteiger partial charge in [0.1, 0.15) is 0 Å². The number of amides is 2. The summed E-state index contributed by atoms with van der Waals surface area (Å²) < 4.78 is 37.7. The summed E-state index contributed by atoms with van der Waals surface area (Å²) in [7, 11) is 3.32. The van der Waals surface area contributed by atoms with E-state index < -0.39 is 11.7 Å². The molecule has 2 rings (SSSR count). The van der Waals surface area contributed by atoms with Crippen molar-refractivity contribution in [1.29, 1.82) is 0 Å². The maximum atomic E-state index is 12.6. The Balaban J connectivity index is 2.01. The second-order valence-corrected chi connectivity index (χ2v) is 6.97. The van der Waals surface area contributed by atoms with Crippen LogP contribution < -0.4 is 5.32 Å². The molecule has 0 saturated carbocycles. The molecule has 0 atom stereocenters. The summed E-state index contributed by atoms with van der Waals surface area (Å²) in [4.78, 5) is 26.3.